The van der Waals surface area contributed by atoms with Crippen molar-refractivity contribution < 1.29 is 9.90 Å². The van der Waals surface area contributed by atoms with Crippen molar-refractivity contribution in [3.63, 3.8) is 0 Å². The van der Waals surface area contributed by atoms with E-state index in [1.165, 1.54) is 5.56 Å². The van der Waals surface area contributed by atoms with Gasteiger partial charge in [0, 0.05) is 20.7 Å². The van der Waals surface area contributed by atoms with E-state index in [1.54, 1.807) is 17.8 Å². The Hall–Kier alpha value is -3.13. The summed E-state index contributed by atoms with van der Waals surface area (Å²) in [6.07, 6.45) is 1.66. The van der Waals surface area contributed by atoms with Crippen molar-refractivity contribution in [1.82, 2.24) is 19.9 Å². The quantitative estimate of drug-likeness (QED) is 0.584. The van der Waals surface area contributed by atoms with Gasteiger partial charge in [-0.3, -0.25) is 5.32 Å². The molecule has 0 aliphatic carbocycles. The van der Waals surface area contributed by atoms with Gasteiger partial charge in [0.05, 0.1) is 6.20 Å². The molecule has 2 amide bonds. The molecule has 126 valence electrons. The molecule has 0 bridgehead atoms. The first kappa shape index (κ1) is 17.2. The third-order valence-corrected chi connectivity index (χ3v) is 3.11. The van der Waals surface area contributed by atoms with Gasteiger partial charge in [0.15, 0.2) is 11.5 Å². The van der Waals surface area contributed by atoms with E-state index in [4.69, 9.17) is 5.11 Å². The molecule has 0 aliphatic heterocycles. The second-order valence-electron chi connectivity index (χ2n) is 4.69. The number of aliphatic hydroxyl groups excluding tert-OH is 1. The Balaban J connectivity index is 0.00000100. The Labute approximate surface area is 139 Å². The second-order valence-corrected chi connectivity index (χ2v) is 4.69. The van der Waals surface area contributed by atoms with Crippen LogP contribution >= 0.6 is 0 Å². The zero-order valence-corrected chi connectivity index (χ0v) is 13.5. The number of benzene rings is 1. The molecule has 3 rings (SSSR count). The number of anilines is 2. The molecule has 0 saturated heterocycles. The zero-order valence-electron chi connectivity index (χ0n) is 13.5. The fourth-order valence-corrected chi connectivity index (χ4v) is 2.00. The van der Waals surface area contributed by atoms with Crippen LogP contribution < -0.4 is 16.0 Å². The van der Waals surface area contributed by atoms with Crippen LogP contribution in [0.3, 0.4) is 0 Å². The van der Waals surface area contributed by atoms with Crippen molar-refractivity contribution >= 4 is 23.3 Å². The summed E-state index contributed by atoms with van der Waals surface area (Å²) in [7, 11) is 2.55. The van der Waals surface area contributed by atoms with Crippen LogP contribution in [-0.2, 0) is 6.54 Å². The smallest absolute Gasteiger partial charge is 0.320 e. The van der Waals surface area contributed by atoms with Gasteiger partial charge in [0.25, 0.3) is 0 Å². The molecule has 0 aliphatic rings. The molecule has 4 N–H and O–H groups in total. The first-order valence-corrected chi connectivity index (χ1v) is 7.32. The second kappa shape index (κ2) is 8.49. The molecule has 3 aromatic rings. The summed E-state index contributed by atoms with van der Waals surface area (Å²) < 4.78 is 1.62. The first-order chi connectivity index (χ1) is 11.7. The Morgan fingerprint density at radius 3 is 2.58 bits per heavy atom. The molecule has 2 heterocycles. The number of nitrogens with zero attached hydrogens (tertiary/aromatic N) is 3. The number of fused-ring (bicyclic) bond motifs is 1. The Bertz CT molecular complexity index is 788. The molecule has 0 spiro atoms. The lowest BCUT2D eigenvalue weighted by molar-refractivity contribution is 0.254. The van der Waals surface area contributed by atoms with E-state index in [2.05, 4.69) is 26.0 Å². The monoisotopic (exact) mass is 328 g/mol. The summed E-state index contributed by atoms with van der Waals surface area (Å²) in [6.45, 7) is 0.692. The third-order valence-electron chi connectivity index (χ3n) is 3.11. The zero-order chi connectivity index (χ0) is 17.4. The molecule has 0 fully saturated rings. The number of hydrogen-bond acceptors (Lipinski definition) is 5. The van der Waals surface area contributed by atoms with Gasteiger partial charge in [0.2, 0.25) is 0 Å². The summed E-state index contributed by atoms with van der Waals surface area (Å²) in [5, 5.41) is 19.8. The van der Waals surface area contributed by atoms with E-state index in [0.29, 0.717) is 18.0 Å². The number of carbonyl (C=O) groups is 1. The van der Waals surface area contributed by atoms with Crippen molar-refractivity contribution in [2.75, 3.05) is 24.8 Å². The van der Waals surface area contributed by atoms with Gasteiger partial charge in [-0.05, 0) is 17.7 Å². The summed E-state index contributed by atoms with van der Waals surface area (Å²) in [5.74, 6) is 1.19. The molecule has 0 unspecified atom stereocenters. The molecule has 24 heavy (non-hydrogen) atoms. The number of aliphatic hydroxyl groups is 1. The highest BCUT2D eigenvalue weighted by atomic mass is 16.2. The summed E-state index contributed by atoms with van der Waals surface area (Å²) in [6, 6.07) is 13.5. The molecule has 0 radical (unpaired) electrons. The number of amides is 2. The van der Waals surface area contributed by atoms with Gasteiger partial charge in [0.1, 0.15) is 5.82 Å². The third kappa shape index (κ3) is 4.43. The molecule has 1 aromatic carbocycles. The van der Waals surface area contributed by atoms with Crippen LogP contribution in [0, 0.1) is 0 Å². The Morgan fingerprint density at radius 1 is 1.12 bits per heavy atom. The van der Waals surface area contributed by atoms with Crippen molar-refractivity contribution in [3.8, 4) is 0 Å². The number of nitrogens with one attached hydrogen (secondary N) is 3. The molecule has 8 nitrogen and oxygen atoms in total. The van der Waals surface area contributed by atoms with Crippen LogP contribution in [0.15, 0.2) is 48.7 Å². The predicted octanol–water partition coefficient (Wildman–Crippen LogP) is 1.70. The SMILES string of the molecule is CNC(=O)Nc1cn2nc(NCc3ccccc3)ccc2n1.CO. The molecule has 0 saturated carbocycles. The van der Waals surface area contributed by atoms with Crippen molar-refractivity contribution in [2.45, 2.75) is 6.54 Å². The number of urea groups is 1. The summed E-state index contributed by atoms with van der Waals surface area (Å²) in [5.41, 5.74) is 1.84. The van der Waals surface area contributed by atoms with Gasteiger partial charge < -0.3 is 15.7 Å². The highest BCUT2D eigenvalue weighted by Gasteiger charge is 2.06. The maximum absolute atomic E-state index is 11.3. The standard InChI is InChI=1S/C15H16N6O.CH4O/c1-16-15(22)19-13-10-21-14(18-13)8-7-12(20-21)17-9-11-5-3-2-4-6-11;1-2/h2-8,10H,9H2,1H3,(H,17,20)(H2,16,19,22);2H,1H3. The topological polar surface area (TPSA) is 104 Å². The number of aromatic nitrogens is 3. The lowest BCUT2D eigenvalue weighted by Crippen LogP contribution is -2.24. The minimum atomic E-state index is -0.314. The highest BCUT2D eigenvalue weighted by Crippen LogP contribution is 2.12. The van der Waals surface area contributed by atoms with Crippen molar-refractivity contribution in [1.29, 1.82) is 0 Å². The van der Waals surface area contributed by atoms with E-state index in [0.717, 1.165) is 12.9 Å². The van der Waals surface area contributed by atoms with E-state index in [9.17, 15) is 4.79 Å². The maximum atomic E-state index is 11.3. The van der Waals surface area contributed by atoms with E-state index in [-0.39, 0.29) is 6.03 Å². The Kier molecular flexibility index (Phi) is 6.09. The van der Waals surface area contributed by atoms with Crippen molar-refractivity contribution in [2.24, 2.45) is 0 Å². The summed E-state index contributed by atoms with van der Waals surface area (Å²) >= 11 is 0. The number of rotatable bonds is 4. The van der Waals surface area contributed by atoms with Gasteiger partial charge in [-0.25, -0.2) is 14.3 Å². The molecule has 2 aromatic heterocycles. The van der Waals surface area contributed by atoms with E-state index >= 15 is 0 Å². The van der Waals surface area contributed by atoms with Crippen LogP contribution in [0.1, 0.15) is 5.56 Å². The van der Waals surface area contributed by atoms with Crippen LogP contribution in [0.5, 0.6) is 0 Å². The number of imidazole rings is 1. The first-order valence-electron chi connectivity index (χ1n) is 7.32. The normalized spacial score (nSPS) is 9.79. The number of carbonyl (C=O) groups excluding carboxylic acids is 1. The average molecular weight is 328 g/mol. The highest BCUT2D eigenvalue weighted by molar-refractivity contribution is 5.88. The van der Waals surface area contributed by atoms with E-state index < -0.39 is 0 Å². The molecular weight excluding hydrogens is 308 g/mol. The lowest BCUT2D eigenvalue weighted by atomic mass is 10.2. The van der Waals surface area contributed by atoms with Crippen LogP contribution in [-0.4, -0.2) is 39.9 Å². The van der Waals surface area contributed by atoms with Crippen LogP contribution in [0.25, 0.3) is 5.65 Å². The molecular formula is C16H20N6O2. The van der Waals surface area contributed by atoms with Gasteiger partial charge in [-0.1, -0.05) is 30.3 Å². The minimum absolute atomic E-state index is 0.314. The maximum Gasteiger partial charge on any atom is 0.320 e. The largest absolute Gasteiger partial charge is 0.400 e. The fourth-order valence-electron chi connectivity index (χ4n) is 2.00. The van der Waals surface area contributed by atoms with Crippen LogP contribution in [0.2, 0.25) is 0 Å². The van der Waals surface area contributed by atoms with Crippen molar-refractivity contribution in [3.05, 3.63) is 54.2 Å². The number of hydrogen-bond donors (Lipinski definition) is 4. The van der Waals surface area contributed by atoms with E-state index in [1.807, 2.05) is 42.5 Å². The molecule has 0 atom stereocenters. The lowest BCUT2D eigenvalue weighted by Gasteiger charge is -2.05. The Morgan fingerprint density at radius 2 is 1.88 bits per heavy atom. The average Bonchev–Trinajstić information content (AvgIpc) is 3.03. The predicted molar refractivity (Wildman–Crippen MR) is 93.0 cm³/mol. The van der Waals surface area contributed by atoms with Gasteiger partial charge in [-0.2, -0.15) is 0 Å². The summed E-state index contributed by atoms with van der Waals surface area (Å²) in [4.78, 5) is 15.5. The van der Waals surface area contributed by atoms with Gasteiger partial charge >= 0.3 is 6.03 Å². The van der Waals surface area contributed by atoms with Crippen LogP contribution in [0.4, 0.5) is 16.4 Å². The van der Waals surface area contributed by atoms with Gasteiger partial charge in [-0.15, -0.1) is 5.10 Å². The fraction of sp³-hybridized carbons (Fsp3) is 0.188. The minimum Gasteiger partial charge on any atom is -0.400 e. The molecule has 8 heteroatoms.